The Morgan fingerprint density at radius 3 is 2.91 bits per heavy atom. The van der Waals surface area contributed by atoms with Crippen LogP contribution in [0, 0.1) is 18.8 Å². The van der Waals surface area contributed by atoms with Gasteiger partial charge < -0.3 is 10.6 Å². The van der Waals surface area contributed by atoms with Gasteiger partial charge in [-0.2, -0.15) is 0 Å². The van der Waals surface area contributed by atoms with Crippen molar-refractivity contribution < 1.29 is 4.79 Å². The van der Waals surface area contributed by atoms with Crippen LogP contribution >= 0.6 is 11.3 Å². The van der Waals surface area contributed by atoms with Crippen LogP contribution in [0.4, 0.5) is 0 Å². The zero-order chi connectivity index (χ0) is 16.1. The Hall–Kier alpha value is -0.980. The number of likely N-dealkylation sites (tertiary alicyclic amines) is 1. The highest BCUT2D eigenvalue weighted by Crippen LogP contribution is 2.20. The lowest BCUT2D eigenvalue weighted by atomic mass is 9.95. The van der Waals surface area contributed by atoms with Gasteiger partial charge in [-0.05, 0) is 64.7 Å². The molecule has 0 bridgehead atoms. The number of nitrogens with one attached hydrogen (secondary N) is 2. The molecule has 0 saturated carbocycles. The lowest BCUT2D eigenvalue weighted by Gasteiger charge is -2.30. The first-order chi connectivity index (χ1) is 11.2. The minimum Gasteiger partial charge on any atom is -0.356 e. The fraction of sp³-hybridized carbons (Fsp3) is 0.765. The molecule has 2 N–H and O–H groups in total. The third-order valence-electron chi connectivity index (χ3n) is 5.02. The summed E-state index contributed by atoms with van der Waals surface area (Å²) in [5.74, 6) is 1.21. The summed E-state index contributed by atoms with van der Waals surface area (Å²) in [6, 6.07) is 0. The molecule has 1 amide bonds. The molecule has 3 heterocycles. The number of rotatable bonds is 6. The Morgan fingerprint density at radius 1 is 1.43 bits per heavy atom. The summed E-state index contributed by atoms with van der Waals surface area (Å²) in [6.45, 7) is 8.06. The Balaban J connectivity index is 1.33. The Labute approximate surface area is 142 Å². The van der Waals surface area contributed by atoms with Gasteiger partial charge in [-0.15, -0.1) is 11.3 Å². The van der Waals surface area contributed by atoms with Crippen LogP contribution in [0.15, 0.2) is 5.38 Å². The number of piperidine rings is 1. The van der Waals surface area contributed by atoms with Gasteiger partial charge in [0.05, 0.1) is 10.7 Å². The Morgan fingerprint density at radius 2 is 2.26 bits per heavy atom. The van der Waals surface area contributed by atoms with Gasteiger partial charge in [0, 0.05) is 24.4 Å². The molecule has 1 aromatic heterocycles. The average molecular weight is 337 g/mol. The van der Waals surface area contributed by atoms with Crippen LogP contribution in [-0.4, -0.2) is 48.5 Å². The van der Waals surface area contributed by atoms with E-state index in [0.717, 1.165) is 69.5 Å². The van der Waals surface area contributed by atoms with Crippen molar-refractivity contribution in [1.82, 2.24) is 20.5 Å². The lowest BCUT2D eigenvalue weighted by molar-refractivity contribution is -0.126. The summed E-state index contributed by atoms with van der Waals surface area (Å²) >= 11 is 1.71. The van der Waals surface area contributed by atoms with Crippen molar-refractivity contribution in [1.29, 1.82) is 0 Å². The summed E-state index contributed by atoms with van der Waals surface area (Å²) in [5.41, 5.74) is 1.17. The molecule has 1 aromatic rings. The van der Waals surface area contributed by atoms with E-state index in [4.69, 9.17) is 0 Å². The quantitative estimate of drug-likeness (QED) is 0.831. The van der Waals surface area contributed by atoms with Crippen molar-refractivity contribution in [3.63, 3.8) is 0 Å². The molecule has 23 heavy (non-hydrogen) atoms. The van der Waals surface area contributed by atoms with Crippen LogP contribution in [0.5, 0.6) is 0 Å². The van der Waals surface area contributed by atoms with E-state index in [2.05, 4.69) is 25.9 Å². The fourth-order valence-corrected chi connectivity index (χ4v) is 4.17. The number of aryl methyl sites for hydroxylation is 1. The van der Waals surface area contributed by atoms with Gasteiger partial charge in [-0.1, -0.05) is 0 Å². The number of thiazole rings is 1. The van der Waals surface area contributed by atoms with E-state index in [1.807, 2.05) is 6.92 Å². The topological polar surface area (TPSA) is 57.3 Å². The van der Waals surface area contributed by atoms with E-state index in [-0.39, 0.29) is 11.8 Å². The minimum atomic E-state index is 0.199. The van der Waals surface area contributed by atoms with Crippen molar-refractivity contribution in [2.24, 2.45) is 11.8 Å². The van der Waals surface area contributed by atoms with E-state index in [1.54, 1.807) is 11.3 Å². The number of carbonyl (C=O) groups is 1. The van der Waals surface area contributed by atoms with Gasteiger partial charge in [0.2, 0.25) is 5.91 Å². The summed E-state index contributed by atoms with van der Waals surface area (Å²) in [6.07, 6.45) is 4.31. The maximum absolute atomic E-state index is 12.3. The van der Waals surface area contributed by atoms with E-state index >= 15 is 0 Å². The standard InChI is InChI=1S/C17H28N4OS/c1-13-20-16(12-23-13)11-21-8-4-15(5-9-21)17(22)19-7-3-14-2-6-18-10-14/h12,14-15,18H,2-11H2,1H3,(H,19,22). The largest absolute Gasteiger partial charge is 0.356 e. The van der Waals surface area contributed by atoms with Crippen LogP contribution in [-0.2, 0) is 11.3 Å². The SMILES string of the molecule is Cc1nc(CN2CCC(C(=O)NCCC3CCNC3)CC2)cs1. The molecule has 128 valence electrons. The second-order valence-corrected chi connectivity index (χ2v) is 7.91. The third kappa shape index (κ3) is 4.99. The zero-order valence-corrected chi connectivity index (χ0v) is 14.8. The smallest absolute Gasteiger partial charge is 0.223 e. The molecule has 0 radical (unpaired) electrons. The predicted octanol–water partition coefficient (Wildman–Crippen LogP) is 1.78. The number of nitrogens with zero attached hydrogens (tertiary/aromatic N) is 2. The summed E-state index contributed by atoms with van der Waals surface area (Å²) in [5, 5.41) is 9.80. The van der Waals surface area contributed by atoms with E-state index in [0.29, 0.717) is 0 Å². The maximum atomic E-state index is 12.3. The molecule has 2 saturated heterocycles. The molecule has 5 nitrogen and oxygen atoms in total. The number of hydrogen-bond acceptors (Lipinski definition) is 5. The van der Waals surface area contributed by atoms with E-state index < -0.39 is 0 Å². The van der Waals surface area contributed by atoms with E-state index in [1.165, 1.54) is 12.1 Å². The van der Waals surface area contributed by atoms with Crippen molar-refractivity contribution >= 4 is 17.2 Å². The lowest BCUT2D eigenvalue weighted by Crippen LogP contribution is -2.40. The molecule has 0 aliphatic carbocycles. The van der Waals surface area contributed by atoms with Crippen LogP contribution in [0.3, 0.4) is 0 Å². The van der Waals surface area contributed by atoms with Gasteiger partial charge in [0.15, 0.2) is 0 Å². The Bertz CT molecular complexity index is 504. The third-order valence-corrected chi connectivity index (χ3v) is 5.85. The average Bonchev–Trinajstić information content (AvgIpc) is 3.20. The van der Waals surface area contributed by atoms with Crippen LogP contribution in [0.2, 0.25) is 0 Å². The maximum Gasteiger partial charge on any atom is 0.223 e. The fourth-order valence-electron chi connectivity index (χ4n) is 3.57. The number of aromatic nitrogens is 1. The monoisotopic (exact) mass is 336 g/mol. The van der Waals surface area contributed by atoms with Crippen molar-refractivity contribution in [3.8, 4) is 0 Å². The second kappa shape index (κ2) is 8.22. The van der Waals surface area contributed by atoms with Crippen molar-refractivity contribution in [2.45, 2.75) is 39.2 Å². The number of hydrogen-bond donors (Lipinski definition) is 2. The van der Waals surface area contributed by atoms with E-state index in [9.17, 15) is 4.79 Å². The van der Waals surface area contributed by atoms with Crippen molar-refractivity contribution in [3.05, 3.63) is 16.1 Å². The highest BCUT2D eigenvalue weighted by Gasteiger charge is 2.25. The number of carbonyl (C=O) groups excluding carboxylic acids is 1. The van der Waals surface area contributed by atoms with Gasteiger partial charge in [-0.25, -0.2) is 4.98 Å². The molecule has 2 aliphatic rings. The highest BCUT2D eigenvalue weighted by molar-refractivity contribution is 7.09. The first-order valence-electron chi connectivity index (χ1n) is 8.82. The van der Waals surface area contributed by atoms with Gasteiger partial charge in [0.1, 0.15) is 0 Å². The van der Waals surface area contributed by atoms with Crippen molar-refractivity contribution in [2.75, 3.05) is 32.7 Å². The molecule has 0 aromatic carbocycles. The summed E-state index contributed by atoms with van der Waals surface area (Å²) in [4.78, 5) is 19.2. The summed E-state index contributed by atoms with van der Waals surface area (Å²) < 4.78 is 0. The second-order valence-electron chi connectivity index (χ2n) is 6.85. The predicted molar refractivity (Wildman–Crippen MR) is 93.5 cm³/mol. The molecule has 2 aliphatic heterocycles. The molecule has 1 atom stereocenters. The van der Waals surface area contributed by atoms with Crippen LogP contribution in [0.25, 0.3) is 0 Å². The first-order valence-corrected chi connectivity index (χ1v) is 9.70. The molecule has 2 fully saturated rings. The first kappa shape index (κ1) is 16.9. The normalized spacial score (nSPS) is 23.3. The minimum absolute atomic E-state index is 0.199. The zero-order valence-electron chi connectivity index (χ0n) is 14.0. The molecule has 3 rings (SSSR count). The molecule has 1 unspecified atom stereocenters. The van der Waals surface area contributed by atoms with Gasteiger partial charge in [0.25, 0.3) is 0 Å². The molecular formula is C17H28N4OS. The molecule has 6 heteroatoms. The summed E-state index contributed by atoms with van der Waals surface area (Å²) in [7, 11) is 0. The van der Waals surface area contributed by atoms with Gasteiger partial charge >= 0.3 is 0 Å². The molecule has 0 spiro atoms. The van der Waals surface area contributed by atoms with Gasteiger partial charge in [-0.3, -0.25) is 9.69 Å². The Kier molecular flexibility index (Phi) is 6.02. The number of amides is 1. The molecular weight excluding hydrogens is 308 g/mol. The van der Waals surface area contributed by atoms with Crippen LogP contribution < -0.4 is 10.6 Å². The highest BCUT2D eigenvalue weighted by atomic mass is 32.1. The van der Waals surface area contributed by atoms with Crippen LogP contribution in [0.1, 0.15) is 36.4 Å².